The summed E-state index contributed by atoms with van der Waals surface area (Å²) >= 11 is 0. The van der Waals surface area contributed by atoms with Gasteiger partial charge in [-0.25, -0.2) is 4.79 Å². The standard InChI is InChI=1S/C12H15NO3/c1-8(2)7-13-11(14)9-3-5-10(6-4-9)12(15)16/h3-6,8H,7H2,1-2H3,(H,13,14)(H,15,16). The quantitative estimate of drug-likeness (QED) is 0.814. The fourth-order valence-electron chi connectivity index (χ4n) is 1.16. The lowest BCUT2D eigenvalue weighted by atomic mass is 10.1. The molecule has 0 fully saturated rings. The average Bonchev–Trinajstić information content (AvgIpc) is 2.26. The summed E-state index contributed by atoms with van der Waals surface area (Å²) in [6.07, 6.45) is 0. The Morgan fingerprint density at radius 2 is 1.69 bits per heavy atom. The summed E-state index contributed by atoms with van der Waals surface area (Å²) in [5.41, 5.74) is 0.658. The number of aromatic carboxylic acids is 1. The highest BCUT2D eigenvalue weighted by Gasteiger charge is 2.07. The second kappa shape index (κ2) is 5.30. The van der Waals surface area contributed by atoms with E-state index in [9.17, 15) is 9.59 Å². The van der Waals surface area contributed by atoms with Crippen molar-refractivity contribution in [2.45, 2.75) is 13.8 Å². The van der Waals surface area contributed by atoms with Gasteiger partial charge in [0.1, 0.15) is 0 Å². The molecule has 86 valence electrons. The molecule has 0 bridgehead atoms. The first-order valence-corrected chi connectivity index (χ1v) is 5.12. The lowest BCUT2D eigenvalue weighted by Crippen LogP contribution is -2.27. The van der Waals surface area contributed by atoms with Gasteiger partial charge in [-0.15, -0.1) is 0 Å². The molecule has 1 rings (SSSR count). The molecule has 0 spiro atoms. The second-order valence-corrected chi connectivity index (χ2v) is 3.99. The number of carbonyl (C=O) groups is 2. The van der Waals surface area contributed by atoms with Crippen molar-refractivity contribution in [3.63, 3.8) is 0 Å². The highest BCUT2D eigenvalue weighted by molar-refractivity contribution is 5.95. The normalized spacial score (nSPS) is 10.2. The third kappa shape index (κ3) is 3.38. The van der Waals surface area contributed by atoms with E-state index in [2.05, 4.69) is 5.32 Å². The van der Waals surface area contributed by atoms with E-state index in [1.165, 1.54) is 24.3 Å². The fourth-order valence-corrected chi connectivity index (χ4v) is 1.16. The number of rotatable bonds is 4. The van der Waals surface area contributed by atoms with Gasteiger partial charge in [0, 0.05) is 12.1 Å². The molecule has 1 amide bonds. The van der Waals surface area contributed by atoms with Gasteiger partial charge in [0.05, 0.1) is 5.56 Å². The van der Waals surface area contributed by atoms with Crippen LogP contribution in [0.5, 0.6) is 0 Å². The first-order chi connectivity index (χ1) is 7.50. The molecule has 4 heteroatoms. The van der Waals surface area contributed by atoms with Gasteiger partial charge in [0.15, 0.2) is 0 Å². The smallest absolute Gasteiger partial charge is 0.335 e. The SMILES string of the molecule is CC(C)CNC(=O)c1ccc(C(=O)O)cc1. The predicted octanol–water partition coefficient (Wildman–Crippen LogP) is 1.77. The van der Waals surface area contributed by atoms with E-state index in [1.807, 2.05) is 13.8 Å². The Balaban J connectivity index is 2.67. The van der Waals surface area contributed by atoms with E-state index < -0.39 is 5.97 Å². The van der Waals surface area contributed by atoms with Crippen molar-refractivity contribution >= 4 is 11.9 Å². The van der Waals surface area contributed by atoms with E-state index in [0.29, 0.717) is 18.0 Å². The van der Waals surface area contributed by atoms with Crippen molar-refractivity contribution in [1.82, 2.24) is 5.32 Å². The van der Waals surface area contributed by atoms with E-state index in [4.69, 9.17) is 5.11 Å². The monoisotopic (exact) mass is 221 g/mol. The Morgan fingerprint density at radius 3 is 2.12 bits per heavy atom. The van der Waals surface area contributed by atoms with Gasteiger partial charge in [0.2, 0.25) is 0 Å². The van der Waals surface area contributed by atoms with Gasteiger partial charge in [-0.05, 0) is 30.2 Å². The van der Waals surface area contributed by atoms with Crippen LogP contribution in [0.15, 0.2) is 24.3 Å². The molecular formula is C12H15NO3. The molecule has 1 aromatic rings. The molecule has 0 aromatic heterocycles. The second-order valence-electron chi connectivity index (χ2n) is 3.99. The predicted molar refractivity (Wildman–Crippen MR) is 60.6 cm³/mol. The summed E-state index contributed by atoms with van der Waals surface area (Å²) in [5.74, 6) is -0.776. The molecule has 0 atom stereocenters. The van der Waals surface area contributed by atoms with Gasteiger partial charge in [-0.3, -0.25) is 4.79 Å². The molecule has 0 saturated heterocycles. The largest absolute Gasteiger partial charge is 0.478 e. The van der Waals surface area contributed by atoms with Crippen LogP contribution in [0.3, 0.4) is 0 Å². The molecule has 0 radical (unpaired) electrons. The Morgan fingerprint density at radius 1 is 1.19 bits per heavy atom. The molecule has 16 heavy (non-hydrogen) atoms. The summed E-state index contributed by atoms with van der Waals surface area (Å²) in [5, 5.41) is 11.5. The van der Waals surface area contributed by atoms with Gasteiger partial charge in [-0.1, -0.05) is 13.8 Å². The number of carbonyl (C=O) groups excluding carboxylic acids is 1. The lowest BCUT2D eigenvalue weighted by molar-refractivity contribution is 0.0696. The number of nitrogens with one attached hydrogen (secondary N) is 1. The minimum atomic E-state index is -0.992. The molecule has 0 heterocycles. The molecule has 1 aromatic carbocycles. The number of benzene rings is 1. The van der Waals surface area contributed by atoms with Crippen LogP contribution >= 0.6 is 0 Å². The van der Waals surface area contributed by atoms with Crippen molar-refractivity contribution in [3.8, 4) is 0 Å². The van der Waals surface area contributed by atoms with E-state index in [0.717, 1.165) is 0 Å². The van der Waals surface area contributed by atoms with Gasteiger partial charge < -0.3 is 10.4 Å². The number of carboxylic acids is 1. The van der Waals surface area contributed by atoms with Crippen LogP contribution in [0.4, 0.5) is 0 Å². The molecular weight excluding hydrogens is 206 g/mol. The van der Waals surface area contributed by atoms with Crippen molar-refractivity contribution in [2.75, 3.05) is 6.54 Å². The molecule has 0 aliphatic rings. The first kappa shape index (κ1) is 12.2. The van der Waals surface area contributed by atoms with Crippen LogP contribution < -0.4 is 5.32 Å². The zero-order valence-electron chi connectivity index (χ0n) is 9.36. The van der Waals surface area contributed by atoms with Crippen LogP contribution in [0.25, 0.3) is 0 Å². The topological polar surface area (TPSA) is 66.4 Å². The zero-order valence-corrected chi connectivity index (χ0v) is 9.36. The first-order valence-electron chi connectivity index (χ1n) is 5.12. The van der Waals surface area contributed by atoms with Crippen LogP contribution in [-0.4, -0.2) is 23.5 Å². The Bertz CT molecular complexity index is 382. The maximum absolute atomic E-state index is 11.6. The van der Waals surface area contributed by atoms with E-state index in [-0.39, 0.29) is 11.5 Å². The third-order valence-corrected chi connectivity index (χ3v) is 2.06. The summed E-state index contributed by atoms with van der Waals surface area (Å²) < 4.78 is 0. The average molecular weight is 221 g/mol. The maximum atomic E-state index is 11.6. The molecule has 2 N–H and O–H groups in total. The molecule has 4 nitrogen and oxygen atoms in total. The van der Waals surface area contributed by atoms with Gasteiger partial charge >= 0.3 is 5.97 Å². The fraction of sp³-hybridized carbons (Fsp3) is 0.333. The summed E-state index contributed by atoms with van der Waals surface area (Å²) in [6.45, 7) is 4.63. The summed E-state index contributed by atoms with van der Waals surface area (Å²) in [4.78, 5) is 22.2. The molecule has 0 aliphatic carbocycles. The lowest BCUT2D eigenvalue weighted by Gasteiger charge is -2.07. The number of carboxylic acid groups (broad SMARTS) is 1. The highest BCUT2D eigenvalue weighted by Crippen LogP contribution is 2.04. The van der Waals surface area contributed by atoms with E-state index in [1.54, 1.807) is 0 Å². The Labute approximate surface area is 94.3 Å². The van der Waals surface area contributed by atoms with Gasteiger partial charge in [0.25, 0.3) is 5.91 Å². The van der Waals surface area contributed by atoms with E-state index >= 15 is 0 Å². The maximum Gasteiger partial charge on any atom is 0.335 e. The van der Waals surface area contributed by atoms with Crippen LogP contribution in [0.1, 0.15) is 34.6 Å². The summed E-state index contributed by atoms with van der Waals surface area (Å²) in [7, 11) is 0. The van der Waals surface area contributed by atoms with Crippen LogP contribution in [-0.2, 0) is 0 Å². The minimum absolute atomic E-state index is 0.175. The molecule has 0 saturated carbocycles. The Kier molecular flexibility index (Phi) is 4.05. The zero-order chi connectivity index (χ0) is 12.1. The van der Waals surface area contributed by atoms with Crippen molar-refractivity contribution in [2.24, 2.45) is 5.92 Å². The highest BCUT2D eigenvalue weighted by atomic mass is 16.4. The molecule has 0 unspecified atom stereocenters. The summed E-state index contributed by atoms with van der Waals surface area (Å²) in [6, 6.07) is 5.87. The van der Waals surface area contributed by atoms with Crippen molar-refractivity contribution in [1.29, 1.82) is 0 Å². The van der Waals surface area contributed by atoms with Gasteiger partial charge in [-0.2, -0.15) is 0 Å². The number of hydrogen-bond donors (Lipinski definition) is 2. The number of amides is 1. The van der Waals surface area contributed by atoms with Crippen molar-refractivity contribution < 1.29 is 14.7 Å². The van der Waals surface area contributed by atoms with Crippen LogP contribution in [0, 0.1) is 5.92 Å². The van der Waals surface area contributed by atoms with Crippen LogP contribution in [0.2, 0.25) is 0 Å². The van der Waals surface area contributed by atoms with Crippen molar-refractivity contribution in [3.05, 3.63) is 35.4 Å². The minimum Gasteiger partial charge on any atom is -0.478 e. The third-order valence-electron chi connectivity index (χ3n) is 2.06. The molecule has 0 aliphatic heterocycles. The number of hydrogen-bond acceptors (Lipinski definition) is 2. The Hall–Kier alpha value is -1.84.